The summed E-state index contributed by atoms with van der Waals surface area (Å²) < 4.78 is 11.5. The Morgan fingerprint density at radius 2 is 1.90 bits per heavy atom. The van der Waals surface area contributed by atoms with E-state index in [2.05, 4.69) is 15.9 Å². The van der Waals surface area contributed by atoms with Gasteiger partial charge in [-0.1, -0.05) is 17.7 Å². The molecule has 0 fully saturated rings. The molecule has 20 heavy (non-hydrogen) atoms. The summed E-state index contributed by atoms with van der Waals surface area (Å²) >= 11 is 9.15. The number of ether oxygens (including phenoxy) is 2. The summed E-state index contributed by atoms with van der Waals surface area (Å²) in [6.45, 7) is -0.0688. The first-order valence-corrected chi connectivity index (χ1v) is 7.03. The second-order valence-electron chi connectivity index (χ2n) is 3.99. The highest BCUT2D eigenvalue weighted by Gasteiger charge is 2.12. The van der Waals surface area contributed by atoms with Crippen molar-refractivity contribution >= 4 is 33.3 Å². The standard InChI is InChI=1S/C15H12BrClO3/c1-19-14-4-2-3-12(16)15(14)20-9-13(18)10-5-7-11(17)8-6-10/h2-8H,9H2,1H3. The topological polar surface area (TPSA) is 35.5 Å². The van der Waals surface area contributed by atoms with Crippen molar-refractivity contribution < 1.29 is 14.3 Å². The average molecular weight is 356 g/mol. The fraction of sp³-hybridized carbons (Fsp3) is 0.133. The number of halogens is 2. The van der Waals surface area contributed by atoms with Gasteiger partial charge in [0.2, 0.25) is 0 Å². The fourth-order valence-corrected chi connectivity index (χ4v) is 2.24. The van der Waals surface area contributed by atoms with Gasteiger partial charge in [-0.3, -0.25) is 4.79 Å². The Kier molecular flexibility index (Phi) is 5.04. The fourth-order valence-electron chi connectivity index (χ4n) is 1.65. The maximum atomic E-state index is 12.0. The molecule has 5 heteroatoms. The molecule has 0 radical (unpaired) electrons. The summed E-state index contributed by atoms with van der Waals surface area (Å²) in [6, 6.07) is 12.1. The minimum absolute atomic E-state index is 0.0688. The van der Waals surface area contributed by atoms with Gasteiger partial charge in [-0.2, -0.15) is 0 Å². The molecule has 0 aliphatic heterocycles. The van der Waals surface area contributed by atoms with Crippen molar-refractivity contribution in [3.8, 4) is 11.5 Å². The molecular formula is C15H12BrClO3. The first-order chi connectivity index (χ1) is 9.61. The van der Waals surface area contributed by atoms with Gasteiger partial charge in [-0.05, 0) is 52.3 Å². The number of carbonyl (C=O) groups is 1. The molecule has 0 aromatic heterocycles. The van der Waals surface area contributed by atoms with E-state index in [1.54, 1.807) is 37.4 Å². The highest BCUT2D eigenvalue weighted by atomic mass is 79.9. The summed E-state index contributed by atoms with van der Waals surface area (Å²) in [4.78, 5) is 12.0. The third-order valence-electron chi connectivity index (χ3n) is 2.66. The summed E-state index contributed by atoms with van der Waals surface area (Å²) in [5, 5.41) is 0.593. The van der Waals surface area contributed by atoms with Crippen molar-refractivity contribution in [3.63, 3.8) is 0 Å². The maximum absolute atomic E-state index is 12.0. The molecule has 0 atom stereocenters. The van der Waals surface area contributed by atoms with E-state index in [9.17, 15) is 4.79 Å². The Balaban J connectivity index is 2.09. The van der Waals surface area contributed by atoms with Gasteiger partial charge in [0, 0.05) is 10.6 Å². The molecule has 0 spiro atoms. The minimum atomic E-state index is -0.125. The molecule has 0 saturated heterocycles. The molecule has 0 bridgehead atoms. The van der Waals surface area contributed by atoms with Crippen LogP contribution in [0.2, 0.25) is 5.02 Å². The lowest BCUT2D eigenvalue weighted by Crippen LogP contribution is -2.12. The van der Waals surface area contributed by atoms with Gasteiger partial charge in [0.05, 0.1) is 11.6 Å². The SMILES string of the molecule is COc1cccc(Br)c1OCC(=O)c1ccc(Cl)cc1. The molecule has 0 N–H and O–H groups in total. The molecule has 0 amide bonds. The molecular weight excluding hydrogens is 344 g/mol. The van der Waals surface area contributed by atoms with Gasteiger partial charge in [-0.25, -0.2) is 0 Å². The van der Waals surface area contributed by atoms with Crippen LogP contribution in [0.4, 0.5) is 0 Å². The molecule has 0 unspecified atom stereocenters. The van der Waals surface area contributed by atoms with Crippen LogP contribution in [0.5, 0.6) is 11.5 Å². The summed E-state index contributed by atoms with van der Waals surface area (Å²) in [5.41, 5.74) is 0.556. The highest BCUT2D eigenvalue weighted by Crippen LogP contribution is 2.34. The number of Topliss-reactive ketones (excluding diaryl/α,β-unsaturated/α-hetero) is 1. The predicted molar refractivity (Wildman–Crippen MR) is 82.0 cm³/mol. The van der Waals surface area contributed by atoms with E-state index in [1.165, 1.54) is 0 Å². The van der Waals surface area contributed by atoms with Gasteiger partial charge < -0.3 is 9.47 Å². The molecule has 0 saturated carbocycles. The Hall–Kier alpha value is -1.52. The van der Waals surface area contributed by atoms with Crippen LogP contribution in [0.25, 0.3) is 0 Å². The first-order valence-electron chi connectivity index (χ1n) is 5.86. The number of para-hydroxylation sites is 1. The van der Waals surface area contributed by atoms with Gasteiger partial charge in [0.1, 0.15) is 0 Å². The first kappa shape index (κ1) is 14.9. The van der Waals surface area contributed by atoms with Crippen LogP contribution < -0.4 is 9.47 Å². The second-order valence-corrected chi connectivity index (χ2v) is 5.28. The number of hydrogen-bond acceptors (Lipinski definition) is 3. The molecule has 2 aromatic rings. The summed E-state index contributed by atoms with van der Waals surface area (Å²) in [6.07, 6.45) is 0. The number of rotatable bonds is 5. The lowest BCUT2D eigenvalue weighted by molar-refractivity contribution is 0.0919. The molecule has 0 aliphatic rings. The number of ketones is 1. The molecule has 0 heterocycles. The average Bonchev–Trinajstić information content (AvgIpc) is 2.46. The molecule has 104 valence electrons. The van der Waals surface area contributed by atoms with E-state index in [0.29, 0.717) is 22.1 Å². The van der Waals surface area contributed by atoms with E-state index >= 15 is 0 Å². The van der Waals surface area contributed by atoms with Gasteiger partial charge >= 0.3 is 0 Å². The molecule has 0 aliphatic carbocycles. The highest BCUT2D eigenvalue weighted by molar-refractivity contribution is 9.10. The van der Waals surface area contributed by atoms with E-state index in [4.69, 9.17) is 21.1 Å². The second kappa shape index (κ2) is 6.77. The van der Waals surface area contributed by atoms with E-state index in [-0.39, 0.29) is 12.4 Å². The van der Waals surface area contributed by atoms with Crippen LogP contribution in [0, 0.1) is 0 Å². The lowest BCUT2D eigenvalue weighted by Gasteiger charge is -2.11. The van der Waals surface area contributed by atoms with Crippen LogP contribution in [0.15, 0.2) is 46.9 Å². The van der Waals surface area contributed by atoms with Crippen LogP contribution >= 0.6 is 27.5 Å². The molecule has 2 rings (SSSR count). The van der Waals surface area contributed by atoms with Crippen molar-refractivity contribution in [1.82, 2.24) is 0 Å². The van der Waals surface area contributed by atoms with Crippen molar-refractivity contribution in [2.24, 2.45) is 0 Å². The van der Waals surface area contributed by atoms with Crippen LogP contribution in [-0.4, -0.2) is 19.5 Å². The Morgan fingerprint density at radius 3 is 2.55 bits per heavy atom. The zero-order valence-corrected chi connectivity index (χ0v) is 13.1. The van der Waals surface area contributed by atoms with E-state index in [1.807, 2.05) is 12.1 Å². The quantitative estimate of drug-likeness (QED) is 0.747. The van der Waals surface area contributed by atoms with E-state index < -0.39 is 0 Å². The zero-order chi connectivity index (χ0) is 14.5. The van der Waals surface area contributed by atoms with Crippen molar-refractivity contribution in [1.29, 1.82) is 0 Å². The van der Waals surface area contributed by atoms with Crippen LogP contribution in [-0.2, 0) is 0 Å². The third kappa shape index (κ3) is 3.52. The Morgan fingerprint density at radius 1 is 1.20 bits per heavy atom. The van der Waals surface area contributed by atoms with E-state index in [0.717, 1.165) is 4.47 Å². The molecule has 3 nitrogen and oxygen atoms in total. The van der Waals surface area contributed by atoms with Crippen LogP contribution in [0.3, 0.4) is 0 Å². The lowest BCUT2D eigenvalue weighted by atomic mass is 10.1. The monoisotopic (exact) mass is 354 g/mol. The number of methoxy groups -OCH3 is 1. The smallest absolute Gasteiger partial charge is 0.200 e. The normalized spacial score (nSPS) is 10.2. The van der Waals surface area contributed by atoms with Crippen molar-refractivity contribution in [2.45, 2.75) is 0 Å². The summed E-state index contributed by atoms with van der Waals surface area (Å²) in [7, 11) is 1.55. The maximum Gasteiger partial charge on any atom is 0.200 e. The zero-order valence-electron chi connectivity index (χ0n) is 10.7. The molecule has 2 aromatic carbocycles. The summed E-state index contributed by atoms with van der Waals surface area (Å²) in [5.74, 6) is 0.958. The van der Waals surface area contributed by atoms with Gasteiger partial charge in [0.15, 0.2) is 23.9 Å². The van der Waals surface area contributed by atoms with Gasteiger partial charge in [-0.15, -0.1) is 0 Å². The largest absolute Gasteiger partial charge is 0.493 e. The van der Waals surface area contributed by atoms with Crippen molar-refractivity contribution in [3.05, 3.63) is 57.5 Å². The van der Waals surface area contributed by atoms with Gasteiger partial charge in [0.25, 0.3) is 0 Å². The number of hydrogen-bond donors (Lipinski definition) is 0. The van der Waals surface area contributed by atoms with Crippen LogP contribution in [0.1, 0.15) is 10.4 Å². The Labute approximate surface area is 130 Å². The third-order valence-corrected chi connectivity index (χ3v) is 3.54. The number of carbonyl (C=O) groups excluding carboxylic acids is 1. The Bertz CT molecular complexity index is 611. The number of benzene rings is 2. The van der Waals surface area contributed by atoms with Crippen molar-refractivity contribution in [2.75, 3.05) is 13.7 Å². The predicted octanol–water partition coefficient (Wildman–Crippen LogP) is 4.37. The minimum Gasteiger partial charge on any atom is -0.493 e.